The van der Waals surface area contributed by atoms with E-state index in [1.807, 2.05) is 50.5 Å². The van der Waals surface area contributed by atoms with Gasteiger partial charge in [0.2, 0.25) is 0 Å². The van der Waals surface area contributed by atoms with Gasteiger partial charge >= 0.3 is 11.9 Å². The molecule has 2 aromatic rings. The maximum atomic E-state index is 9.10. The van der Waals surface area contributed by atoms with E-state index < -0.39 is 11.9 Å². The lowest BCUT2D eigenvalue weighted by atomic mass is 10.0. The number of likely N-dealkylation sites (N-methyl/N-ethyl adjacent to an activating group) is 1. The topological polar surface area (TPSA) is 112 Å². The molecular weight excluding hydrogens is 418 g/mol. The standard InChI is InChI=1S/C16H18BrN3O.C2H2O4/c1-20(2)10-11-21-19-16(14-4-3-9-18-12-14)13-5-7-15(17)8-6-13;3-1(4)2(5)6/h3-9,12H,10-11H2,1-2H3;(H,3,4)(H,5,6)/b19-16+;. The summed E-state index contributed by atoms with van der Waals surface area (Å²) >= 11 is 3.44. The van der Waals surface area contributed by atoms with Gasteiger partial charge < -0.3 is 20.0 Å². The summed E-state index contributed by atoms with van der Waals surface area (Å²) in [5.74, 6) is -3.65. The van der Waals surface area contributed by atoms with E-state index in [2.05, 4.69) is 31.0 Å². The Balaban J connectivity index is 0.000000527. The number of hydrogen-bond donors (Lipinski definition) is 2. The van der Waals surface area contributed by atoms with Gasteiger partial charge in [-0.15, -0.1) is 0 Å². The highest BCUT2D eigenvalue weighted by Crippen LogP contribution is 2.15. The molecule has 0 aliphatic carbocycles. The molecule has 2 rings (SSSR count). The van der Waals surface area contributed by atoms with Crippen LogP contribution in [0.4, 0.5) is 0 Å². The van der Waals surface area contributed by atoms with Crippen LogP contribution in [0.15, 0.2) is 58.4 Å². The first-order valence-corrected chi connectivity index (χ1v) is 8.57. The third-order valence-electron chi connectivity index (χ3n) is 3.02. The molecule has 2 N–H and O–H groups in total. The first-order chi connectivity index (χ1) is 12.8. The largest absolute Gasteiger partial charge is 0.473 e. The number of aromatic nitrogens is 1. The van der Waals surface area contributed by atoms with Crippen LogP contribution in [-0.2, 0) is 14.4 Å². The van der Waals surface area contributed by atoms with Crippen molar-refractivity contribution in [3.05, 3.63) is 64.4 Å². The van der Waals surface area contributed by atoms with Crippen LogP contribution in [-0.4, -0.2) is 65.0 Å². The molecule has 1 heterocycles. The zero-order valence-corrected chi connectivity index (χ0v) is 16.5. The van der Waals surface area contributed by atoms with Crippen molar-refractivity contribution in [2.75, 3.05) is 27.2 Å². The van der Waals surface area contributed by atoms with Gasteiger partial charge in [-0.25, -0.2) is 9.59 Å². The summed E-state index contributed by atoms with van der Waals surface area (Å²) in [5.41, 5.74) is 2.72. The average Bonchev–Trinajstić information content (AvgIpc) is 2.64. The molecule has 0 amide bonds. The molecule has 27 heavy (non-hydrogen) atoms. The molecule has 0 spiro atoms. The van der Waals surface area contributed by atoms with E-state index >= 15 is 0 Å². The smallest absolute Gasteiger partial charge is 0.414 e. The van der Waals surface area contributed by atoms with Gasteiger partial charge in [-0.1, -0.05) is 33.2 Å². The van der Waals surface area contributed by atoms with Crippen LogP contribution in [0.3, 0.4) is 0 Å². The SMILES string of the molecule is CN(C)CCO/N=C(\c1ccc(Br)cc1)c1cccnc1.O=C(O)C(=O)O. The number of hydrogen-bond acceptors (Lipinski definition) is 6. The summed E-state index contributed by atoms with van der Waals surface area (Å²) in [6.07, 6.45) is 3.53. The van der Waals surface area contributed by atoms with Crippen LogP contribution in [0.25, 0.3) is 0 Å². The Kier molecular flexibility index (Phi) is 9.70. The van der Waals surface area contributed by atoms with Gasteiger partial charge in [0.05, 0.1) is 0 Å². The number of halogens is 1. The Morgan fingerprint density at radius 1 is 1.11 bits per heavy atom. The Hall–Kier alpha value is -2.78. The molecule has 9 heteroatoms. The minimum Gasteiger partial charge on any atom is -0.473 e. The van der Waals surface area contributed by atoms with Crippen molar-refractivity contribution in [2.24, 2.45) is 5.16 Å². The summed E-state index contributed by atoms with van der Waals surface area (Å²) < 4.78 is 1.03. The molecule has 0 saturated heterocycles. The van der Waals surface area contributed by atoms with Crippen LogP contribution in [0.2, 0.25) is 0 Å². The zero-order chi connectivity index (χ0) is 20.2. The molecule has 1 aromatic heterocycles. The second-order valence-corrected chi connectivity index (χ2v) is 6.35. The Morgan fingerprint density at radius 3 is 2.22 bits per heavy atom. The van der Waals surface area contributed by atoms with Crippen LogP contribution >= 0.6 is 15.9 Å². The van der Waals surface area contributed by atoms with Crippen molar-refractivity contribution >= 4 is 33.6 Å². The molecular formula is C18H20BrN3O5. The number of rotatable bonds is 6. The lowest BCUT2D eigenvalue weighted by Gasteiger charge is -2.10. The zero-order valence-electron chi connectivity index (χ0n) is 14.9. The lowest BCUT2D eigenvalue weighted by molar-refractivity contribution is -0.159. The van der Waals surface area contributed by atoms with Gasteiger partial charge in [0.1, 0.15) is 12.3 Å². The number of oxime groups is 1. The van der Waals surface area contributed by atoms with Crippen LogP contribution in [0, 0.1) is 0 Å². The number of benzene rings is 1. The van der Waals surface area contributed by atoms with E-state index in [-0.39, 0.29) is 0 Å². The molecule has 0 aliphatic heterocycles. The number of pyridine rings is 1. The maximum absolute atomic E-state index is 9.10. The van der Waals surface area contributed by atoms with E-state index in [4.69, 9.17) is 24.6 Å². The molecule has 0 bridgehead atoms. The van der Waals surface area contributed by atoms with E-state index in [0.29, 0.717) is 6.61 Å². The summed E-state index contributed by atoms with van der Waals surface area (Å²) in [6.45, 7) is 1.37. The Morgan fingerprint density at radius 2 is 1.74 bits per heavy atom. The van der Waals surface area contributed by atoms with Gasteiger partial charge in [-0.05, 0) is 38.4 Å². The predicted octanol–water partition coefficient (Wildman–Crippen LogP) is 2.33. The molecule has 0 saturated carbocycles. The van der Waals surface area contributed by atoms with Gasteiger partial charge in [0.15, 0.2) is 0 Å². The Labute approximate surface area is 165 Å². The van der Waals surface area contributed by atoms with Crippen LogP contribution in [0.1, 0.15) is 11.1 Å². The quantitative estimate of drug-likeness (QED) is 0.308. The van der Waals surface area contributed by atoms with Gasteiger partial charge in [0.25, 0.3) is 0 Å². The summed E-state index contributed by atoms with van der Waals surface area (Å²) in [7, 11) is 4.01. The van der Waals surface area contributed by atoms with Crippen LogP contribution in [0.5, 0.6) is 0 Å². The first kappa shape index (κ1) is 22.3. The molecule has 1 aromatic carbocycles. The normalized spacial score (nSPS) is 10.7. The van der Waals surface area contributed by atoms with E-state index in [9.17, 15) is 0 Å². The molecule has 0 atom stereocenters. The van der Waals surface area contributed by atoms with E-state index in [1.54, 1.807) is 12.4 Å². The van der Waals surface area contributed by atoms with E-state index in [0.717, 1.165) is 27.9 Å². The molecule has 0 unspecified atom stereocenters. The molecule has 0 aliphatic rings. The summed E-state index contributed by atoms with van der Waals surface area (Å²) in [4.78, 5) is 29.9. The average molecular weight is 438 g/mol. The third kappa shape index (κ3) is 8.93. The van der Waals surface area contributed by atoms with Crippen LogP contribution < -0.4 is 0 Å². The van der Waals surface area contributed by atoms with Crippen molar-refractivity contribution in [3.8, 4) is 0 Å². The fourth-order valence-electron chi connectivity index (χ4n) is 1.72. The molecule has 8 nitrogen and oxygen atoms in total. The minimum absolute atomic E-state index is 0.549. The van der Waals surface area contributed by atoms with Gasteiger partial charge in [-0.3, -0.25) is 4.98 Å². The highest BCUT2D eigenvalue weighted by Gasteiger charge is 2.08. The fourth-order valence-corrected chi connectivity index (χ4v) is 1.98. The monoisotopic (exact) mass is 437 g/mol. The number of carbonyl (C=O) groups is 2. The van der Waals surface area contributed by atoms with Crippen molar-refractivity contribution < 1.29 is 24.6 Å². The van der Waals surface area contributed by atoms with Crippen molar-refractivity contribution in [1.29, 1.82) is 0 Å². The second kappa shape index (κ2) is 11.8. The van der Waals surface area contributed by atoms with Crippen molar-refractivity contribution in [1.82, 2.24) is 9.88 Å². The number of carboxylic acids is 2. The second-order valence-electron chi connectivity index (χ2n) is 5.44. The van der Waals surface area contributed by atoms with E-state index in [1.165, 1.54) is 0 Å². The number of carboxylic acid groups (broad SMARTS) is 2. The van der Waals surface area contributed by atoms with Crippen molar-refractivity contribution in [2.45, 2.75) is 0 Å². The summed E-state index contributed by atoms with van der Waals surface area (Å²) in [5, 5.41) is 19.1. The fraction of sp³-hybridized carbons (Fsp3) is 0.222. The maximum Gasteiger partial charge on any atom is 0.414 e. The summed E-state index contributed by atoms with van der Waals surface area (Å²) in [6, 6.07) is 11.9. The van der Waals surface area contributed by atoms with Crippen molar-refractivity contribution in [3.63, 3.8) is 0 Å². The van der Waals surface area contributed by atoms with Gasteiger partial charge in [-0.2, -0.15) is 0 Å². The van der Waals surface area contributed by atoms with Gasteiger partial charge in [0, 0.05) is 34.5 Å². The number of nitrogens with zero attached hydrogens (tertiary/aromatic N) is 3. The first-order valence-electron chi connectivity index (χ1n) is 7.78. The molecule has 0 radical (unpaired) electrons. The minimum atomic E-state index is -1.82. The third-order valence-corrected chi connectivity index (χ3v) is 3.55. The molecule has 0 fully saturated rings. The molecule has 144 valence electrons. The predicted molar refractivity (Wildman–Crippen MR) is 104 cm³/mol. The highest BCUT2D eigenvalue weighted by atomic mass is 79.9. The number of aliphatic carboxylic acids is 2. The Bertz CT molecular complexity index is 752. The highest BCUT2D eigenvalue weighted by molar-refractivity contribution is 9.10. The lowest BCUT2D eigenvalue weighted by Crippen LogP contribution is -2.17.